The molecule has 0 aromatic heterocycles. The van der Waals surface area contributed by atoms with Crippen LogP contribution in [-0.4, -0.2) is 45.6 Å². The van der Waals surface area contributed by atoms with Crippen LogP contribution in [0.5, 0.6) is 5.75 Å². The molecule has 0 bridgehead atoms. The van der Waals surface area contributed by atoms with Gasteiger partial charge in [0.05, 0.1) is 0 Å². The van der Waals surface area contributed by atoms with Gasteiger partial charge in [-0.2, -0.15) is 0 Å². The van der Waals surface area contributed by atoms with Crippen molar-refractivity contribution in [2.75, 3.05) is 0 Å². The van der Waals surface area contributed by atoms with Gasteiger partial charge in [-0.25, -0.2) is 4.79 Å². The Bertz CT molecular complexity index is 997. The highest BCUT2D eigenvalue weighted by molar-refractivity contribution is 5.92. The number of aromatic hydroxyl groups is 1. The minimum Gasteiger partial charge on any atom is -0.508 e. The lowest BCUT2D eigenvalue weighted by Crippen LogP contribution is -2.52. The normalized spacial score (nSPS) is 15.1. The quantitative estimate of drug-likeness (QED) is 0.549. The highest BCUT2D eigenvalue weighted by Gasteiger charge is 2.43. The number of nitrogens with zero attached hydrogens (tertiary/aromatic N) is 1. The molecule has 3 rings (SSSR count). The summed E-state index contributed by atoms with van der Waals surface area (Å²) in [6, 6.07) is 13.8. The highest BCUT2D eigenvalue weighted by atomic mass is 16.6. The van der Waals surface area contributed by atoms with Crippen LogP contribution in [0.4, 0.5) is 4.79 Å². The Morgan fingerprint density at radius 1 is 1.06 bits per heavy atom. The van der Waals surface area contributed by atoms with Crippen LogP contribution in [0.15, 0.2) is 54.6 Å². The van der Waals surface area contributed by atoms with E-state index < -0.39 is 23.8 Å². The third-order valence-electron chi connectivity index (χ3n) is 5.34. The fourth-order valence-electron chi connectivity index (χ4n) is 3.62. The van der Waals surface area contributed by atoms with Gasteiger partial charge in [-0.3, -0.25) is 9.59 Å². The predicted molar refractivity (Wildman–Crippen MR) is 128 cm³/mol. The third kappa shape index (κ3) is 6.97. The highest BCUT2D eigenvalue weighted by Crippen LogP contribution is 2.36. The first-order valence-electron chi connectivity index (χ1n) is 11.5. The maximum Gasteiger partial charge on any atom is 0.408 e. The van der Waals surface area contributed by atoms with E-state index in [0.717, 1.165) is 18.4 Å². The predicted octanol–water partition coefficient (Wildman–Crippen LogP) is 3.65. The molecule has 34 heavy (non-hydrogen) atoms. The van der Waals surface area contributed by atoms with Crippen LogP contribution in [0.2, 0.25) is 0 Å². The summed E-state index contributed by atoms with van der Waals surface area (Å²) in [7, 11) is 0. The number of hydrogen-bond donors (Lipinski definition) is 3. The average molecular weight is 468 g/mol. The number of hydrogen-bond acceptors (Lipinski definition) is 5. The molecule has 1 fully saturated rings. The van der Waals surface area contributed by atoms with Crippen molar-refractivity contribution < 1.29 is 24.2 Å². The van der Waals surface area contributed by atoms with Crippen molar-refractivity contribution in [1.82, 2.24) is 15.5 Å². The summed E-state index contributed by atoms with van der Waals surface area (Å²) in [5, 5.41) is 15.3. The van der Waals surface area contributed by atoms with Crippen LogP contribution in [0, 0.1) is 0 Å². The first-order valence-corrected chi connectivity index (χ1v) is 11.5. The Morgan fingerprint density at radius 3 is 2.24 bits per heavy atom. The summed E-state index contributed by atoms with van der Waals surface area (Å²) in [5.74, 6) is -0.642. The van der Waals surface area contributed by atoms with E-state index >= 15 is 0 Å². The summed E-state index contributed by atoms with van der Waals surface area (Å²) in [6.07, 6.45) is 0.843. The van der Waals surface area contributed by atoms with Gasteiger partial charge in [-0.1, -0.05) is 42.5 Å². The molecule has 3 N–H and O–H groups in total. The Kier molecular flexibility index (Phi) is 7.81. The number of benzene rings is 2. The fraction of sp³-hybridized carbons (Fsp3) is 0.423. The summed E-state index contributed by atoms with van der Waals surface area (Å²) < 4.78 is 5.28. The van der Waals surface area contributed by atoms with Gasteiger partial charge in [0.1, 0.15) is 23.4 Å². The summed E-state index contributed by atoms with van der Waals surface area (Å²) >= 11 is 0. The molecule has 1 aliphatic rings. The molecule has 2 aromatic rings. The molecule has 0 radical (unpaired) electrons. The number of phenols is 1. The molecular weight excluding hydrogens is 434 g/mol. The summed E-state index contributed by atoms with van der Waals surface area (Å²) in [5.41, 5.74) is 0.812. The molecule has 1 aliphatic carbocycles. The Balaban J connectivity index is 1.83. The zero-order valence-electron chi connectivity index (χ0n) is 20.1. The number of phenolic OH excluding ortho intramolecular Hbond substituents is 1. The van der Waals surface area contributed by atoms with Crippen molar-refractivity contribution in [1.29, 1.82) is 0 Å². The topological polar surface area (TPSA) is 108 Å². The van der Waals surface area contributed by atoms with Gasteiger partial charge in [0.25, 0.3) is 0 Å². The molecule has 2 atom stereocenters. The molecule has 2 aromatic carbocycles. The third-order valence-corrected chi connectivity index (χ3v) is 5.34. The average Bonchev–Trinajstić information content (AvgIpc) is 3.60. The lowest BCUT2D eigenvalue weighted by Gasteiger charge is -2.34. The first-order chi connectivity index (χ1) is 16.0. The van der Waals surface area contributed by atoms with Gasteiger partial charge in [-0.05, 0) is 63.8 Å². The number of alkyl carbamates (subject to hydrolysis) is 1. The number of rotatable bonds is 8. The summed E-state index contributed by atoms with van der Waals surface area (Å²) in [6.45, 7) is 7.12. The van der Waals surface area contributed by atoms with Crippen molar-refractivity contribution >= 4 is 17.9 Å². The zero-order valence-corrected chi connectivity index (χ0v) is 20.1. The maximum atomic E-state index is 13.5. The van der Waals surface area contributed by atoms with Crippen molar-refractivity contribution in [3.63, 3.8) is 0 Å². The number of ether oxygens (including phenoxy) is 1. The van der Waals surface area contributed by atoms with Gasteiger partial charge in [-0.15, -0.1) is 0 Å². The number of carbonyl (C=O) groups is 3. The molecule has 0 spiro atoms. The van der Waals surface area contributed by atoms with Gasteiger partial charge in [0, 0.05) is 12.6 Å². The van der Waals surface area contributed by atoms with E-state index in [0.29, 0.717) is 12.1 Å². The second kappa shape index (κ2) is 10.6. The van der Waals surface area contributed by atoms with Crippen LogP contribution in [-0.2, 0) is 20.9 Å². The van der Waals surface area contributed by atoms with E-state index in [2.05, 4.69) is 10.6 Å². The Morgan fingerprint density at radius 2 is 1.68 bits per heavy atom. The van der Waals surface area contributed by atoms with E-state index in [1.807, 2.05) is 30.3 Å². The van der Waals surface area contributed by atoms with Crippen molar-refractivity contribution in [3.8, 4) is 5.75 Å². The number of carbonyl (C=O) groups excluding carboxylic acids is 3. The van der Waals surface area contributed by atoms with E-state index in [9.17, 15) is 19.5 Å². The standard InChI is InChI=1S/C26H33N3O5/c1-17(28-25(33)34-26(2,3)4)24(32)29(20-12-13-20)22(19-10-14-21(30)15-11-19)23(31)27-16-18-8-6-5-7-9-18/h5-11,14-15,17,20,22,30H,12-13,16H2,1-4H3,(H,27,31)(H,28,33). The van der Waals surface area contributed by atoms with Gasteiger partial charge >= 0.3 is 6.09 Å². The fourth-order valence-corrected chi connectivity index (χ4v) is 3.62. The minimum absolute atomic E-state index is 0.0662. The largest absolute Gasteiger partial charge is 0.508 e. The molecule has 1 saturated carbocycles. The molecule has 0 aliphatic heterocycles. The maximum absolute atomic E-state index is 13.5. The number of amides is 3. The molecule has 3 amide bonds. The van der Waals surface area contributed by atoms with Crippen molar-refractivity contribution in [2.45, 2.75) is 70.8 Å². The van der Waals surface area contributed by atoms with Crippen molar-refractivity contribution in [2.24, 2.45) is 0 Å². The monoisotopic (exact) mass is 467 g/mol. The van der Waals surface area contributed by atoms with E-state index in [4.69, 9.17) is 4.74 Å². The molecule has 182 valence electrons. The Labute approximate surface area is 200 Å². The summed E-state index contributed by atoms with van der Waals surface area (Å²) in [4.78, 5) is 40.7. The molecular formula is C26H33N3O5. The van der Waals surface area contributed by atoms with E-state index in [-0.39, 0.29) is 23.6 Å². The van der Waals surface area contributed by atoms with Gasteiger partial charge in [0.2, 0.25) is 11.8 Å². The molecule has 0 heterocycles. The second-order valence-electron chi connectivity index (χ2n) is 9.54. The lowest BCUT2D eigenvalue weighted by molar-refractivity contribution is -0.143. The second-order valence-corrected chi connectivity index (χ2v) is 9.54. The Hall–Kier alpha value is -3.55. The molecule has 2 unspecified atom stereocenters. The molecule has 8 nitrogen and oxygen atoms in total. The van der Waals surface area contributed by atoms with Crippen molar-refractivity contribution in [3.05, 3.63) is 65.7 Å². The van der Waals surface area contributed by atoms with Crippen LogP contribution >= 0.6 is 0 Å². The lowest BCUT2D eigenvalue weighted by atomic mass is 10.0. The van der Waals surface area contributed by atoms with E-state index in [1.54, 1.807) is 44.7 Å². The van der Waals surface area contributed by atoms with Crippen LogP contribution < -0.4 is 10.6 Å². The van der Waals surface area contributed by atoms with E-state index in [1.165, 1.54) is 12.1 Å². The van der Waals surface area contributed by atoms with Crippen LogP contribution in [0.25, 0.3) is 0 Å². The molecule has 0 saturated heterocycles. The van der Waals surface area contributed by atoms with Gasteiger partial charge < -0.3 is 25.4 Å². The smallest absolute Gasteiger partial charge is 0.408 e. The first kappa shape index (κ1) is 25.1. The molecule has 8 heteroatoms. The minimum atomic E-state index is -0.910. The van der Waals surface area contributed by atoms with Gasteiger partial charge in [0.15, 0.2) is 0 Å². The zero-order chi connectivity index (χ0) is 24.9. The number of nitrogens with one attached hydrogen (secondary N) is 2. The SMILES string of the molecule is CC(NC(=O)OC(C)(C)C)C(=O)N(C1CC1)C(C(=O)NCc1ccccc1)c1ccc(O)cc1. The van der Waals surface area contributed by atoms with Crippen LogP contribution in [0.3, 0.4) is 0 Å². The van der Waals surface area contributed by atoms with Crippen LogP contribution in [0.1, 0.15) is 57.7 Å².